The Morgan fingerprint density at radius 2 is 1.82 bits per heavy atom. The molecule has 0 spiro atoms. The van der Waals surface area contributed by atoms with Gasteiger partial charge in [0.2, 0.25) is 0 Å². The first-order valence-corrected chi connectivity index (χ1v) is 6.72. The average molecular weight is 258 g/mol. The van der Waals surface area contributed by atoms with Crippen LogP contribution < -0.4 is 9.46 Å². The van der Waals surface area contributed by atoms with Crippen molar-refractivity contribution in [2.24, 2.45) is 0 Å². The maximum Gasteiger partial charge on any atom is 0.279 e. The highest BCUT2D eigenvalue weighted by molar-refractivity contribution is 7.87. The summed E-state index contributed by atoms with van der Waals surface area (Å²) in [4.78, 5) is 0. The molecule has 0 aliphatic rings. The Balaban J connectivity index is 2.32. The molecular formula is C11H18N2O3S. The number of rotatable bonds is 6. The summed E-state index contributed by atoms with van der Waals surface area (Å²) in [6, 6.07) is 7.60. The van der Waals surface area contributed by atoms with Crippen LogP contribution in [0.25, 0.3) is 0 Å². The SMILES string of the molecule is Cc1ccc(OCCNS(=O)(=O)N(C)C)cc1. The maximum absolute atomic E-state index is 11.3. The van der Waals surface area contributed by atoms with Crippen LogP contribution in [-0.4, -0.2) is 40.0 Å². The third-order valence-electron chi connectivity index (χ3n) is 2.16. The zero-order valence-corrected chi connectivity index (χ0v) is 11.1. The van der Waals surface area contributed by atoms with Crippen LogP contribution in [0.2, 0.25) is 0 Å². The van der Waals surface area contributed by atoms with Crippen molar-refractivity contribution in [3.05, 3.63) is 29.8 Å². The van der Waals surface area contributed by atoms with Crippen molar-refractivity contribution in [3.8, 4) is 5.75 Å². The molecule has 1 rings (SSSR count). The van der Waals surface area contributed by atoms with Gasteiger partial charge in [0.1, 0.15) is 12.4 Å². The first-order valence-electron chi connectivity index (χ1n) is 5.28. The number of ether oxygens (including phenoxy) is 1. The van der Waals surface area contributed by atoms with Gasteiger partial charge in [-0.3, -0.25) is 0 Å². The predicted octanol–water partition coefficient (Wildman–Crippen LogP) is 0.770. The third kappa shape index (κ3) is 4.72. The number of aryl methyl sites for hydroxylation is 1. The molecule has 0 aliphatic heterocycles. The molecule has 1 aromatic carbocycles. The van der Waals surface area contributed by atoms with Gasteiger partial charge in [-0.25, -0.2) is 0 Å². The largest absolute Gasteiger partial charge is 0.492 e. The minimum absolute atomic E-state index is 0.244. The van der Waals surface area contributed by atoms with E-state index < -0.39 is 10.2 Å². The molecule has 0 amide bonds. The lowest BCUT2D eigenvalue weighted by molar-refractivity contribution is 0.321. The second-order valence-corrected chi connectivity index (χ2v) is 5.81. The van der Waals surface area contributed by atoms with Crippen LogP contribution in [0.3, 0.4) is 0 Å². The average Bonchev–Trinajstić information content (AvgIpc) is 2.26. The molecule has 0 bridgehead atoms. The summed E-state index contributed by atoms with van der Waals surface area (Å²) in [5.74, 6) is 0.736. The zero-order valence-electron chi connectivity index (χ0n) is 10.3. The molecule has 0 fully saturated rings. The van der Waals surface area contributed by atoms with Gasteiger partial charge in [-0.15, -0.1) is 0 Å². The third-order valence-corrected chi connectivity index (χ3v) is 3.69. The molecule has 1 N–H and O–H groups in total. The van der Waals surface area contributed by atoms with Crippen LogP contribution in [0, 0.1) is 6.92 Å². The Bertz CT molecular complexity index is 440. The van der Waals surface area contributed by atoms with Crippen molar-refractivity contribution in [3.63, 3.8) is 0 Å². The van der Waals surface area contributed by atoms with Gasteiger partial charge in [-0.1, -0.05) is 17.7 Å². The molecule has 96 valence electrons. The molecule has 6 heteroatoms. The van der Waals surface area contributed by atoms with Crippen molar-refractivity contribution in [1.82, 2.24) is 9.03 Å². The van der Waals surface area contributed by atoms with Crippen molar-refractivity contribution < 1.29 is 13.2 Å². The smallest absolute Gasteiger partial charge is 0.279 e. The number of nitrogens with one attached hydrogen (secondary N) is 1. The minimum Gasteiger partial charge on any atom is -0.492 e. The van der Waals surface area contributed by atoms with Gasteiger partial charge in [-0.05, 0) is 19.1 Å². The molecule has 5 nitrogen and oxygen atoms in total. The molecule has 0 atom stereocenters. The molecule has 0 aromatic heterocycles. The maximum atomic E-state index is 11.3. The van der Waals surface area contributed by atoms with Gasteiger partial charge < -0.3 is 4.74 Å². The van der Waals surface area contributed by atoms with Crippen LogP contribution >= 0.6 is 0 Å². The summed E-state index contributed by atoms with van der Waals surface area (Å²) >= 11 is 0. The summed E-state index contributed by atoms with van der Waals surface area (Å²) < 4.78 is 31.6. The van der Waals surface area contributed by atoms with E-state index in [1.54, 1.807) is 0 Å². The fourth-order valence-corrected chi connectivity index (χ4v) is 1.70. The van der Waals surface area contributed by atoms with Gasteiger partial charge in [-0.2, -0.15) is 17.4 Å². The Morgan fingerprint density at radius 1 is 1.24 bits per heavy atom. The van der Waals surface area contributed by atoms with Crippen LogP contribution in [0.15, 0.2) is 24.3 Å². The lowest BCUT2D eigenvalue weighted by Crippen LogP contribution is -2.37. The van der Waals surface area contributed by atoms with Gasteiger partial charge in [0, 0.05) is 20.6 Å². The van der Waals surface area contributed by atoms with Gasteiger partial charge in [0.25, 0.3) is 10.2 Å². The Morgan fingerprint density at radius 3 is 2.35 bits per heavy atom. The van der Waals surface area contributed by atoms with E-state index in [0.29, 0.717) is 6.61 Å². The predicted molar refractivity (Wildman–Crippen MR) is 67.3 cm³/mol. The monoisotopic (exact) mass is 258 g/mol. The zero-order chi connectivity index (χ0) is 12.9. The molecule has 1 aromatic rings. The van der Waals surface area contributed by atoms with Gasteiger partial charge >= 0.3 is 0 Å². The molecule has 0 saturated heterocycles. The van der Waals surface area contributed by atoms with Crippen molar-refractivity contribution in [2.45, 2.75) is 6.92 Å². The first kappa shape index (κ1) is 14.0. The highest BCUT2D eigenvalue weighted by atomic mass is 32.2. The van der Waals surface area contributed by atoms with E-state index >= 15 is 0 Å². The number of benzene rings is 1. The van der Waals surface area contributed by atoms with Gasteiger partial charge in [0.15, 0.2) is 0 Å². The molecular weight excluding hydrogens is 240 g/mol. The second kappa shape index (κ2) is 6.00. The van der Waals surface area contributed by atoms with Crippen molar-refractivity contribution in [2.75, 3.05) is 27.2 Å². The summed E-state index contributed by atoms with van der Waals surface area (Å²) in [6.07, 6.45) is 0. The van der Waals surface area contributed by atoms with Crippen molar-refractivity contribution in [1.29, 1.82) is 0 Å². The summed E-state index contributed by atoms with van der Waals surface area (Å²) in [5, 5.41) is 0. The highest BCUT2D eigenvalue weighted by Crippen LogP contribution is 2.10. The molecule has 0 saturated carbocycles. The molecule has 0 heterocycles. The summed E-state index contributed by atoms with van der Waals surface area (Å²) in [5.41, 5.74) is 1.16. The van der Waals surface area contributed by atoms with E-state index in [2.05, 4.69) is 4.72 Å². The Labute approximate surface area is 103 Å². The van der Waals surface area contributed by atoms with E-state index in [1.807, 2.05) is 31.2 Å². The second-order valence-electron chi connectivity index (χ2n) is 3.84. The molecule has 17 heavy (non-hydrogen) atoms. The first-order chi connectivity index (χ1) is 7.92. The van der Waals surface area contributed by atoms with Crippen molar-refractivity contribution >= 4 is 10.2 Å². The van der Waals surface area contributed by atoms with Gasteiger partial charge in [0.05, 0.1) is 0 Å². The Kier molecular flexibility index (Phi) is 4.92. The quantitative estimate of drug-likeness (QED) is 0.767. The van der Waals surface area contributed by atoms with E-state index in [4.69, 9.17) is 4.74 Å². The van der Waals surface area contributed by atoms with E-state index in [0.717, 1.165) is 15.6 Å². The molecule has 0 radical (unpaired) electrons. The highest BCUT2D eigenvalue weighted by Gasteiger charge is 2.11. The minimum atomic E-state index is -3.36. The summed E-state index contributed by atoms with van der Waals surface area (Å²) in [6.45, 7) is 2.54. The fraction of sp³-hybridized carbons (Fsp3) is 0.455. The Hall–Kier alpha value is -1.11. The molecule has 0 aliphatic carbocycles. The fourth-order valence-electron chi connectivity index (χ4n) is 1.10. The lowest BCUT2D eigenvalue weighted by atomic mass is 10.2. The van der Waals surface area contributed by atoms with E-state index in [-0.39, 0.29) is 6.54 Å². The molecule has 0 unspecified atom stereocenters. The van der Waals surface area contributed by atoms with Crippen LogP contribution in [0.1, 0.15) is 5.56 Å². The standard InChI is InChI=1S/C11H18N2O3S/c1-10-4-6-11(7-5-10)16-9-8-12-17(14,15)13(2)3/h4-7,12H,8-9H2,1-3H3. The summed E-state index contributed by atoms with van der Waals surface area (Å²) in [7, 11) is -0.405. The normalized spacial score (nSPS) is 11.8. The van der Waals surface area contributed by atoms with E-state index in [9.17, 15) is 8.42 Å². The van der Waals surface area contributed by atoms with E-state index in [1.165, 1.54) is 14.1 Å². The number of hydrogen-bond donors (Lipinski definition) is 1. The van der Waals surface area contributed by atoms with Crippen LogP contribution in [-0.2, 0) is 10.2 Å². The van der Waals surface area contributed by atoms with Crippen LogP contribution in [0.4, 0.5) is 0 Å². The number of nitrogens with zero attached hydrogens (tertiary/aromatic N) is 1. The topological polar surface area (TPSA) is 58.6 Å². The number of hydrogen-bond acceptors (Lipinski definition) is 3. The lowest BCUT2D eigenvalue weighted by Gasteiger charge is -2.12. The van der Waals surface area contributed by atoms with Crippen LogP contribution in [0.5, 0.6) is 5.75 Å².